The molecule has 0 aliphatic heterocycles. The molecular weight excluding hydrogens is 311 g/mol. The van der Waals surface area contributed by atoms with Gasteiger partial charge in [0, 0.05) is 23.5 Å². The van der Waals surface area contributed by atoms with Gasteiger partial charge in [-0.1, -0.05) is 0 Å². The van der Waals surface area contributed by atoms with Crippen LogP contribution in [0.2, 0.25) is 0 Å². The van der Waals surface area contributed by atoms with E-state index in [0.717, 1.165) is 18.5 Å². The highest BCUT2D eigenvalue weighted by Gasteiger charge is 2.29. The van der Waals surface area contributed by atoms with Gasteiger partial charge in [0.1, 0.15) is 5.82 Å². The molecule has 0 saturated heterocycles. The molecule has 0 spiro atoms. The van der Waals surface area contributed by atoms with Crippen molar-refractivity contribution in [1.82, 2.24) is 10.3 Å². The van der Waals surface area contributed by atoms with Crippen LogP contribution in [0, 0.1) is 11.2 Å². The fraction of sp³-hybridized carbons (Fsp3) is 0.389. The average Bonchev–Trinajstić information content (AvgIpc) is 3.36. The quantitative estimate of drug-likeness (QED) is 0.883. The lowest BCUT2D eigenvalue weighted by molar-refractivity contribution is -0.146. The second-order valence-electron chi connectivity index (χ2n) is 6.90. The van der Waals surface area contributed by atoms with E-state index in [1.807, 2.05) is 0 Å². The average molecular weight is 330 g/mol. The van der Waals surface area contributed by atoms with Gasteiger partial charge in [-0.15, -0.1) is 0 Å². The van der Waals surface area contributed by atoms with Crippen LogP contribution in [0.1, 0.15) is 48.7 Å². The van der Waals surface area contributed by atoms with Gasteiger partial charge < -0.3 is 10.4 Å². The summed E-state index contributed by atoms with van der Waals surface area (Å²) < 4.78 is 13.6. The maximum absolute atomic E-state index is 13.6. The summed E-state index contributed by atoms with van der Waals surface area (Å²) >= 11 is 0. The third kappa shape index (κ3) is 3.22. The number of hydrogen-bond donors (Lipinski definition) is 2. The number of aromatic nitrogens is 1. The summed E-state index contributed by atoms with van der Waals surface area (Å²) in [6, 6.07) is 5.87. The maximum Gasteiger partial charge on any atom is 0.310 e. The minimum Gasteiger partial charge on any atom is -0.481 e. The number of carboxylic acids is 1. The second kappa shape index (κ2) is 5.85. The molecule has 1 heterocycles. The fourth-order valence-electron chi connectivity index (χ4n) is 2.47. The van der Waals surface area contributed by atoms with Crippen molar-refractivity contribution in [2.24, 2.45) is 5.41 Å². The summed E-state index contributed by atoms with van der Waals surface area (Å²) in [7, 11) is 0. The Morgan fingerprint density at radius 3 is 2.67 bits per heavy atom. The van der Waals surface area contributed by atoms with Gasteiger partial charge in [0.15, 0.2) is 0 Å². The van der Waals surface area contributed by atoms with E-state index in [2.05, 4.69) is 10.3 Å². The van der Waals surface area contributed by atoms with Crippen molar-refractivity contribution in [1.29, 1.82) is 0 Å². The highest BCUT2D eigenvalue weighted by molar-refractivity contribution is 6.06. The Balaban J connectivity index is 1.96. The van der Waals surface area contributed by atoms with Crippen LogP contribution in [0.5, 0.6) is 0 Å². The van der Waals surface area contributed by atoms with Crippen LogP contribution in [0.15, 0.2) is 24.3 Å². The monoisotopic (exact) mass is 330 g/mol. The Kier molecular flexibility index (Phi) is 3.99. The van der Waals surface area contributed by atoms with Crippen molar-refractivity contribution in [2.45, 2.75) is 32.6 Å². The second-order valence-corrected chi connectivity index (χ2v) is 6.90. The van der Waals surface area contributed by atoms with Crippen molar-refractivity contribution >= 4 is 22.8 Å². The lowest BCUT2D eigenvalue weighted by Gasteiger charge is -2.20. The van der Waals surface area contributed by atoms with E-state index < -0.39 is 23.1 Å². The predicted molar refractivity (Wildman–Crippen MR) is 87.4 cm³/mol. The number of pyridine rings is 1. The molecule has 6 heteroatoms. The van der Waals surface area contributed by atoms with E-state index in [1.165, 1.54) is 26.0 Å². The molecule has 2 N–H and O–H groups in total. The number of carbonyl (C=O) groups is 2. The number of rotatable bonds is 5. The number of amides is 1. The van der Waals surface area contributed by atoms with Crippen LogP contribution in [0.25, 0.3) is 10.9 Å². The molecule has 1 aromatic heterocycles. The molecule has 0 bridgehead atoms. The summed E-state index contributed by atoms with van der Waals surface area (Å²) in [6.45, 7) is 3.06. The number of carboxylic acid groups (broad SMARTS) is 1. The number of nitrogens with one attached hydrogen (secondary N) is 1. The molecule has 126 valence electrons. The molecule has 0 atom stereocenters. The third-order valence-corrected chi connectivity index (χ3v) is 4.30. The normalized spacial score (nSPS) is 14.6. The molecule has 0 unspecified atom stereocenters. The number of carbonyl (C=O) groups excluding carboxylic acids is 1. The number of fused-ring (bicyclic) bond motifs is 1. The molecule has 1 aliphatic rings. The van der Waals surface area contributed by atoms with Gasteiger partial charge in [-0.2, -0.15) is 0 Å². The number of benzene rings is 1. The van der Waals surface area contributed by atoms with Crippen molar-refractivity contribution < 1.29 is 19.1 Å². The predicted octanol–water partition coefficient (Wildman–Crippen LogP) is 3.09. The first-order valence-corrected chi connectivity index (χ1v) is 7.90. The van der Waals surface area contributed by atoms with Crippen molar-refractivity contribution in [3.63, 3.8) is 0 Å². The number of hydrogen-bond acceptors (Lipinski definition) is 3. The van der Waals surface area contributed by atoms with E-state index in [1.54, 1.807) is 12.1 Å². The van der Waals surface area contributed by atoms with Crippen LogP contribution in [-0.2, 0) is 4.79 Å². The molecule has 0 radical (unpaired) electrons. The van der Waals surface area contributed by atoms with Gasteiger partial charge in [0.05, 0.1) is 16.5 Å². The standard InChI is InChI=1S/C18H19FN2O3/c1-18(2,17(23)24)9-20-16(22)13-8-15(10-3-4-10)21-14-6-5-11(19)7-12(13)14/h5-8,10H,3-4,9H2,1-2H3,(H,20,22)(H,23,24). The molecule has 24 heavy (non-hydrogen) atoms. The van der Waals surface area contributed by atoms with Gasteiger partial charge in [0.2, 0.25) is 0 Å². The summed E-state index contributed by atoms with van der Waals surface area (Å²) in [6.07, 6.45) is 2.07. The Morgan fingerprint density at radius 1 is 1.33 bits per heavy atom. The van der Waals surface area contributed by atoms with Crippen molar-refractivity contribution in [2.75, 3.05) is 6.54 Å². The first-order valence-electron chi connectivity index (χ1n) is 7.90. The molecule has 1 aromatic carbocycles. The van der Waals surface area contributed by atoms with Gasteiger partial charge in [-0.05, 0) is 51.0 Å². The molecule has 1 saturated carbocycles. The van der Waals surface area contributed by atoms with Gasteiger partial charge in [-0.25, -0.2) is 4.39 Å². The molecule has 1 amide bonds. The lowest BCUT2D eigenvalue weighted by Crippen LogP contribution is -2.39. The van der Waals surface area contributed by atoms with E-state index in [9.17, 15) is 14.0 Å². The molecule has 5 nitrogen and oxygen atoms in total. The zero-order valence-corrected chi connectivity index (χ0v) is 13.6. The first kappa shape index (κ1) is 16.4. The van der Waals surface area contributed by atoms with Gasteiger partial charge in [-0.3, -0.25) is 14.6 Å². The summed E-state index contributed by atoms with van der Waals surface area (Å²) in [5.74, 6) is -1.50. The zero-order valence-electron chi connectivity index (χ0n) is 13.6. The Labute approximate surface area is 138 Å². The number of aliphatic carboxylic acids is 1. The third-order valence-electron chi connectivity index (χ3n) is 4.30. The number of nitrogens with zero attached hydrogens (tertiary/aromatic N) is 1. The molecule has 3 rings (SSSR count). The highest BCUT2D eigenvalue weighted by atomic mass is 19.1. The van der Waals surface area contributed by atoms with Crippen LogP contribution in [-0.4, -0.2) is 28.5 Å². The van der Waals surface area contributed by atoms with Crippen LogP contribution in [0.3, 0.4) is 0 Å². The van der Waals surface area contributed by atoms with Crippen molar-refractivity contribution in [3.8, 4) is 0 Å². The highest BCUT2D eigenvalue weighted by Crippen LogP contribution is 2.40. The maximum atomic E-state index is 13.6. The molecule has 2 aromatic rings. The van der Waals surface area contributed by atoms with Crippen molar-refractivity contribution in [3.05, 3.63) is 41.3 Å². The molecule has 1 aliphatic carbocycles. The Hall–Kier alpha value is -2.50. The summed E-state index contributed by atoms with van der Waals surface area (Å²) in [5, 5.41) is 12.2. The Bertz CT molecular complexity index is 828. The minimum absolute atomic E-state index is 0.0148. The topological polar surface area (TPSA) is 79.3 Å². The van der Waals surface area contributed by atoms with Crippen LogP contribution in [0.4, 0.5) is 4.39 Å². The first-order chi connectivity index (χ1) is 11.3. The van der Waals surface area contributed by atoms with Gasteiger partial charge in [0.25, 0.3) is 5.91 Å². The molecule has 1 fully saturated rings. The zero-order chi connectivity index (χ0) is 17.5. The minimum atomic E-state index is -1.08. The van der Waals surface area contributed by atoms with E-state index in [0.29, 0.717) is 22.4 Å². The van der Waals surface area contributed by atoms with E-state index in [-0.39, 0.29) is 6.54 Å². The SMILES string of the molecule is CC(C)(CNC(=O)c1cc(C2CC2)nc2ccc(F)cc12)C(=O)O. The number of halogens is 1. The van der Waals surface area contributed by atoms with Crippen LogP contribution >= 0.6 is 0 Å². The van der Waals surface area contributed by atoms with E-state index in [4.69, 9.17) is 5.11 Å². The molecular formula is C18H19FN2O3. The van der Waals surface area contributed by atoms with Gasteiger partial charge >= 0.3 is 5.97 Å². The summed E-state index contributed by atoms with van der Waals surface area (Å²) in [4.78, 5) is 28.3. The smallest absolute Gasteiger partial charge is 0.310 e. The Morgan fingerprint density at radius 2 is 2.04 bits per heavy atom. The van der Waals surface area contributed by atoms with E-state index >= 15 is 0 Å². The lowest BCUT2D eigenvalue weighted by atomic mass is 9.93. The summed E-state index contributed by atoms with van der Waals surface area (Å²) in [5.41, 5.74) is 0.658. The fourth-order valence-corrected chi connectivity index (χ4v) is 2.47. The van der Waals surface area contributed by atoms with Crippen LogP contribution < -0.4 is 5.32 Å². The largest absolute Gasteiger partial charge is 0.481 e.